The predicted octanol–water partition coefficient (Wildman–Crippen LogP) is 3.01. The average molecular weight is 348 g/mol. The van der Waals surface area contributed by atoms with E-state index >= 15 is 0 Å². The minimum atomic E-state index is -0.960. The molecule has 0 amide bonds. The van der Waals surface area contributed by atoms with Crippen LogP contribution in [-0.2, 0) is 0 Å². The zero-order valence-electron chi connectivity index (χ0n) is 13.6. The second-order valence-electron chi connectivity index (χ2n) is 5.52. The lowest BCUT2D eigenvalue weighted by Gasteiger charge is -2.15. The lowest BCUT2D eigenvalue weighted by Crippen LogP contribution is -2.16. The van der Waals surface area contributed by atoms with Crippen molar-refractivity contribution >= 4 is 11.4 Å². The molecule has 0 saturated carbocycles. The Morgan fingerprint density at radius 3 is 2.64 bits per heavy atom. The van der Waals surface area contributed by atoms with E-state index in [-0.39, 0.29) is 35.7 Å². The fourth-order valence-electron chi connectivity index (χ4n) is 2.17. The summed E-state index contributed by atoms with van der Waals surface area (Å²) < 4.78 is 33.2. The van der Waals surface area contributed by atoms with Gasteiger partial charge in [0.15, 0.2) is 0 Å². The molecule has 1 atom stereocenters. The van der Waals surface area contributed by atoms with Crippen molar-refractivity contribution in [3.05, 3.63) is 53.1 Å². The van der Waals surface area contributed by atoms with Crippen LogP contribution in [-0.4, -0.2) is 29.5 Å². The van der Waals surface area contributed by atoms with Gasteiger partial charge < -0.3 is 20.3 Å². The maximum Gasteiger partial charge on any atom is 0.146 e. The van der Waals surface area contributed by atoms with E-state index in [9.17, 15) is 19.1 Å². The Morgan fingerprint density at radius 1 is 1.24 bits per heavy atom. The maximum absolute atomic E-state index is 14.0. The van der Waals surface area contributed by atoms with E-state index in [0.29, 0.717) is 0 Å². The number of hydrogen-bond acceptors (Lipinski definition) is 5. The zero-order valence-corrected chi connectivity index (χ0v) is 13.6. The zero-order chi connectivity index (χ0) is 18.4. The summed E-state index contributed by atoms with van der Waals surface area (Å²) in [6.45, 7) is 1.30. The highest BCUT2D eigenvalue weighted by molar-refractivity contribution is 5.70. The van der Waals surface area contributed by atoms with Crippen LogP contribution in [0.5, 0.6) is 5.75 Å². The maximum atomic E-state index is 14.0. The molecule has 2 aromatic carbocycles. The number of nitrogens with zero attached hydrogens (tertiary/aromatic N) is 1. The largest absolute Gasteiger partial charge is 0.492 e. The summed E-state index contributed by atoms with van der Waals surface area (Å²) in [5.74, 6) is -1.21. The van der Waals surface area contributed by atoms with Gasteiger partial charge in [0.05, 0.1) is 30.7 Å². The second-order valence-corrected chi connectivity index (χ2v) is 5.52. The topological polar surface area (TPSA) is 85.5 Å². The average Bonchev–Trinajstić information content (AvgIpc) is 2.57. The third-order valence-corrected chi connectivity index (χ3v) is 3.49. The molecular weight excluding hydrogens is 330 g/mol. The van der Waals surface area contributed by atoms with Crippen molar-refractivity contribution in [3.8, 4) is 11.8 Å². The van der Waals surface area contributed by atoms with Gasteiger partial charge in [0.2, 0.25) is 0 Å². The van der Waals surface area contributed by atoms with Crippen LogP contribution in [0.3, 0.4) is 0 Å². The Morgan fingerprint density at radius 2 is 2.00 bits per heavy atom. The van der Waals surface area contributed by atoms with E-state index in [0.717, 1.165) is 17.7 Å². The lowest BCUT2D eigenvalue weighted by molar-refractivity contribution is 0.0753. The van der Waals surface area contributed by atoms with Crippen molar-refractivity contribution in [2.45, 2.75) is 19.4 Å². The van der Waals surface area contributed by atoms with Gasteiger partial charge in [-0.3, -0.25) is 0 Å². The van der Waals surface area contributed by atoms with Gasteiger partial charge in [0, 0.05) is 12.5 Å². The molecule has 2 aromatic rings. The SMILES string of the molecule is Cc1ccc(Nc2cc(F)cc(OCCC(O)CO)c2C#N)c(F)c1. The molecule has 7 heteroatoms. The molecule has 3 N–H and O–H groups in total. The number of anilines is 2. The molecule has 2 rings (SSSR count). The first-order chi connectivity index (χ1) is 11.9. The van der Waals surface area contributed by atoms with Crippen molar-refractivity contribution in [1.82, 2.24) is 0 Å². The Labute approximate surface area is 144 Å². The summed E-state index contributed by atoms with van der Waals surface area (Å²) in [4.78, 5) is 0. The van der Waals surface area contributed by atoms with Crippen molar-refractivity contribution in [1.29, 1.82) is 5.26 Å². The second kappa shape index (κ2) is 8.42. The van der Waals surface area contributed by atoms with Gasteiger partial charge in [0.25, 0.3) is 0 Å². The number of halogens is 2. The summed E-state index contributed by atoms with van der Waals surface area (Å²) in [7, 11) is 0. The Balaban J connectivity index is 2.27. The van der Waals surface area contributed by atoms with Crippen molar-refractivity contribution in [2.24, 2.45) is 0 Å². The van der Waals surface area contributed by atoms with Crippen LogP contribution in [0.25, 0.3) is 0 Å². The summed E-state index contributed by atoms with van der Waals surface area (Å²) >= 11 is 0. The molecular formula is C18H18F2N2O3. The third kappa shape index (κ3) is 4.89. The molecule has 0 saturated heterocycles. The summed E-state index contributed by atoms with van der Waals surface area (Å²) in [5, 5.41) is 30.1. The molecule has 0 aliphatic carbocycles. The van der Waals surface area contributed by atoms with Gasteiger partial charge in [0.1, 0.15) is 29.0 Å². The first-order valence-electron chi connectivity index (χ1n) is 7.63. The van der Waals surface area contributed by atoms with Crippen molar-refractivity contribution < 1.29 is 23.7 Å². The molecule has 25 heavy (non-hydrogen) atoms. The summed E-state index contributed by atoms with van der Waals surface area (Å²) in [5.41, 5.74) is 0.923. The van der Waals surface area contributed by atoms with Crippen molar-refractivity contribution in [3.63, 3.8) is 0 Å². The number of nitrogens with one attached hydrogen (secondary N) is 1. The molecule has 0 radical (unpaired) electrons. The molecule has 1 unspecified atom stereocenters. The number of aliphatic hydroxyl groups excluding tert-OH is 2. The Hall–Kier alpha value is -2.69. The first-order valence-corrected chi connectivity index (χ1v) is 7.63. The van der Waals surface area contributed by atoms with Crippen LogP contribution >= 0.6 is 0 Å². The Bertz CT molecular complexity index is 791. The number of aliphatic hydroxyl groups is 2. The third-order valence-electron chi connectivity index (χ3n) is 3.49. The molecule has 0 heterocycles. The molecule has 0 aliphatic rings. The molecule has 132 valence electrons. The number of aryl methyl sites for hydroxylation is 1. The van der Waals surface area contributed by atoms with Gasteiger partial charge in [-0.15, -0.1) is 0 Å². The number of ether oxygens (including phenoxy) is 1. The van der Waals surface area contributed by atoms with Gasteiger partial charge in [-0.05, 0) is 30.7 Å². The fraction of sp³-hybridized carbons (Fsp3) is 0.278. The molecule has 0 aliphatic heterocycles. The van der Waals surface area contributed by atoms with E-state index in [4.69, 9.17) is 9.84 Å². The minimum absolute atomic E-state index is 0.0138. The van der Waals surface area contributed by atoms with E-state index in [1.807, 2.05) is 6.07 Å². The smallest absolute Gasteiger partial charge is 0.146 e. The van der Waals surface area contributed by atoms with E-state index in [1.54, 1.807) is 13.0 Å². The lowest BCUT2D eigenvalue weighted by atomic mass is 10.1. The number of hydrogen-bond donors (Lipinski definition) is 3. The minimum Gasteiger partial charge on any atom is -0.492 e. The summed E-state index contributed by atoms with van der Waals surface area (Å²) in [6.07, 6.45) is -0.842. The van der Waals surface area contributed by atoms with E-state index < -0.39 is 24.3 Å². The molecule has 5 nitrogen and oxygen atoms in total. The molecule has 0 spiro atoms. The predicted molar refractivity (Wildman–Crippen MR) is 88.7 cm³/mol. The quantitative estimate of drug-likeness (QED) is 0.716. The highest BCUT2D eigenvalue weighted by Gasteiger charge is 2.15. The van der Waals surface area contributed by atoms with Crippen LogP contribution < -0.4 is 10.1 Å². The van der Waals surface area contributed by atoms with Gasteiger partial charge in [-0.1, -0.05) is 6.07 Å². The van der Waals surface area contributed by atoms with Crippen LogP contribution in [0.4, 0.5) is 20.2 Å². The highest BCUT2D eigenvalue weighted by atomic mass is 19.1. The molecule has 0 fully saturated rings. The van der Waals surface area contributed by atoms with Crippen LogP contribution in [0, 0.1) is 29.9 Å². The highest BCUT2D eigenvalue weighted by Crippen LogP contribution is 2.31. The first kappa shape index (κ1) is 18.6. The van der Waals surface area contributed by atoms with Crippen LogP contribution in [0.15, 0.2) is 30.3 Å². The monoisotopic (exact) mass is 348 g/mol. The summed E-state index contributed by atoms with van der Waals surface area (Å²) in [6, 6.07) is 8.53. The molecule has 0 bridgehead atoms. The van der Waals surface area contributed by atoms with Crippen LogP contribution in [0.1, 0.15) is 17.5 Å². The van der Waals surface area contributed by atoms with Crippen molar-refractivity contribution in [2.75, 3.05) is 18.5 Å². The molecule has 0 aromatic heterocycles. The number of benzene rings is 2. The van der Waals surface area contributed by atoms with Crippen LogP contribution in [0.2, 0.25) is 0 Å². The standard InChI is InChI=1S/C18H18F2N2O3/c1-11-2-3-16(15(20)6-11)22-17-7-12(19)8-18(14(17)9-21)25-5-4-13(24)10-23/h2-3,6-8,13,22-24H,4-5,10H2,1H3. The van der Waals surface area contributed by atoms with Gasteiger partial charge >= 0.3 is 0 Å². The van der Waals surface area contributed by atoms with Gasteiger partial charge in [-0.25, -0.2) is 8.78 Å². The number of rotatable bonds is 7. The number of nitriles is 1. The van der Waals surface area contributed by atoms with E-state index in [1.165, 1.54) is 12.1 Å². The normalized spacial score (nSPS) is 11.7. The Kier molecular flexibility index (Phi) is 6.28. The van der Waals surface area contributed by atoms with E-state index in [2.05, 4.69) is 5.32 Å². The fourth-order valence-corrected chi connectivity index (χ4v) is 2.17. The van der Waals surface area contributed by atoms with Gasteiger partial charge in [-0.2, -0.15) is 5.26 Å².